The molecule has 0 heterocycles. The lowest BCUT2D eigenvalue weighted by molar-refractivity contribution is -0.133. The summed E-state index contributed by atoms with van der Waals surface area (Å²) in [7, 11) is 0. The first-order chi connectivity index (χ1) is 10.1. The van der Waals surface area contributed by atoms with E-state index in [0.29, 0.717) is 5.56 Å². The zero-order chi connectivity index (χ0) is 16.9. The van der Waals surface area contributed by atoms with E-state index in [2.05, 4.69) is 31.6 Å². The molecule has 1 aromatic carbocycles. The molecule has 118 valence electrons. The molecule has 0 aliphatic rings. The van der Waals surface area contributed by atoms with Crippen molar-refractivity contribution in [3.8, 4) is 0 Å². The first-order valence-corrected chi connectivity index (χ1v) is 6.73. The average Bonchev–Trinajstić information content (AvgIpc) is 2.43. The Balaban J connectivity index is 2.65. The molecule has 0 atom stereocenters. The number of hydrogen-bond donors (Lipinski definition) is 3. The Morgan fingerprint density at radius 2 is 1.59 bits per heavy atom. The Kier molecular flexibility index (Phi) is 5.45. The number of carboxylic acids is 1. The highest BCUT2D eigenvalue weighted by atomic mass is 16.4. The largest absolute Gasteiger partial charge is 0.478 e. The highest BCUT2D eigenvalue weighted by Crippen LogP contribution is 2.22. The normalized spacial score (nSPS) is 11.7. The average molecular weight is 304 g/mol. The zero-order valence-electron chi connectivity index (χ0n) is 13.1. The van der Waals surface area contributed by atoms with E-state index in [1.165, 1.54) is 6.92 Å². The molecular weight excluding hydrogens is 284 g/mol. The molecule has 1 rings (SSSR count). The van der Waals surface area contributed by atoms with Crippen molar-refractivity contribution in [1.29, 1.82) is 0 Å². The summed E-state index contributed by atoms with van der Waals surface area (Å²) >= 11 is 0. The molecule has 0 aliphatic heterocycles. The number of hydrazine groups is 1. The summed E-state index contributed by atoms with van der Waals surface area (Å²) in [5, 5.41) is 8.64. The minimum absolute atomic E-state index is 0.0115. The number of hydrogen-bond acceptors (Lipinski definition) is 3. The molecule has 0 saturated heterocycles. The van der Waals surface area contributed by atoms with Crippen molar-refractivity contribution < 1.29 is 19.5 Å². The minimum Gasteiger partial charge on any atom is -0.478 e. The van der Waals surface area contributed by atoms with E-state index < -0.39 is 17.8 Å². The quantitative estimate of drug-likeness (QED) is 0.586. The molecule has 0 aliphatic carbocycles. The molecule has 1 aromatic rings. The van der Waals surface area contributed by atoms with Gasteiger partial charge in [0.2, 0.25) is 0 Å². The lowest BCUT2D eigenvalue weighted by atomic mass is 9.87. The van der Waals surface area contributed by atoms with Crippen LogP contribution in [0.1, 0.15) is 43.6 Å². The van der Waals surface area contributed by atoms with Crippen LogP contribution < -0.4 is 10.9 Å². The SMILES string of the molecule is C/C(=C\C(=O)NNC(=O)c1ccc(C(C)(C)C)cc1)C(=O)O. The molecule has 0 spiro atoms. The van der Waals surface area contributed by atoms with Crippen LogP contribution in [0.25, 0.3) is 0 Å². The fourth-order valence-electron chi connectivity index (χ4n) is 1.61. The Morgan fingerprint density at radius 1 is 1.05 bits per heavy atom. The highest BCUT2D eigenvalue weighted by Gasteiger charge is 2.14. The molecule has 0 radical (unpaired) electrons. The van der Waals surface area contributed by atoms with E-state index in [9.17, 15) is 14.4 Å². The van der Waals surface area contributed by atoms with Crippen LogP contribution in [0.3, 0.4) is 0 Å². The summed E-state index contributed by atoms with van der Waals surface area (Å²) < 4.78 is 0. The molecule has 0 aromatic heterocycles. The molecule has 3 N–H and O–H groups in total. The second-order valence-electron chi connectivity index (χ2n) is 5.90. The van der Waals surface area contributed by atoms with Gasteiger partial charge in [-0.2, -0.15) is 0 Å². The van der Waals surface area contributed by atoms with E-state index in [-0.39, 0.29) is 11.0 Å². The number of carboxylic acid groups (broad SMARTS) is 1. The first kappa shape index (κ1) is 17.4. The predicted molar refractivity (Wildman–Crippen MR) is 82.1 cm³/mol. The molecule has 0 saturated carbocycles. The van der Waals surface area contributed by atoms with Crippen LogP contribution in [0, 0.1) is 0 Å². The number of aliphatic carboxylic acids is 1. The third-order valence-corrected chi connectivity index (χ3v) is 3.00. The van der Waals surface area contributed by atoms with Crippen LogP contribution in [0.15, 0.2) is 35.9 Å². The van der Waals surface area contributed by atoms with Crippen molar-refractivity contribution in [3.63, 3.8) is 0 Å². The van der Waals surface area contributed by atoms with Gasteiger partial charge < -0.3 is 5.11 Å². The first-order valence-electron chi connectivity index (χ1n) is 6.73. The third kappa shape index (κ3) is 5.05. The Morgan fingerprint density at radius 3 is 2.05 bits per heavy atom. The Labute approximate surface area is 129 Å². The number of carbonyl (C=O) groups is 3. The number of amides is 2. The predicted octanol–water partition coefficient (Wildman–Crippen LogP) is 1.78. The van der Waals surface area contributed by atoms with Crippen LogP contribution in [-0.4, -0.2) is 22.9 Å². The second-order valence-corrected chi connectivity index (χ2v) is 5.90. The van der Waals surface area contributed by atoms with Gasteiger partial charge in [-0.25, -0.2) is 4.79 Å². The zero-order valence-corrected chi connectivity index (χ0v) is 13.1. The monoisotopic (exact) mass is 304 g/mol. The summed E-state index contributed by atoms with van der Waals surface area (Å²) in [4.78, 5) is 33.9. The number of rotatable bonds is 3. The fraction of sp³-hybridized carbons (Fsp3) is 0.312. The van der Waals surface area contributed by atoms with Gasteiger partial charge in [-0.3, -0.25) is 20.4 Å². The summed E-state index contributed by atoms with van der Waals surface area (Å²) in [5.74, 6) is -2.38. The molecule has 0 bridgehead atoms. The van der Waals surface area contributed by atoms with Crippen molar-refractivity contribution in [1.82, 2.24) is 10.9 Å². The lowest BCUT2D eigenvalue weighted by Crippen LogP contribution is -2.41. The third-order valence-electron chi connectivity index (χ3n) is 3.00. The molecule has 6 heteroatoms. The fourth-order valence-corrected chi connectivity index (χ4v) is 1.61. The highest BCUT2D eigenvalue weighted by molar-refractivity contribution is 5.99. The van der Waals surface area contributed by atoms with Gasteiger partial charge in [-0.05, 0) is 30.0 Å². The van der Waals surface area contributed by atoms with Gasteiger partial charge in [0.1, 0.15) is 0 Å². The summed E-state index contributed by atoms with van der Waals surface area (Å²) in [6.07, 6.45) is 0.894. The van der Waals surface area contributed by atoms with E-state index in [1.807, 2.05) is 12.1 Å². The van der Waals surface area contributed by atoms with Crippen molar-refractivity contribution in [2.75, 3.05) is 0 Å². The van der Waals surface area contributed by atoms with Gasteiger partial charge in [0.05, 0.1) is 0 Å². The molecule has 0 fully saturated rings. The smallest absolute Gasteiger partial charge is 0.331 e. The molecular formula is C16H20N2O4. The van der Waals surface area contributed by atoms with Gasteiger partial charge >= 0.3 is 5.97 Å². The van der Waals surface area contributed by atoms with Crippen LogP contribution in [-0.2, 0) is 15.0 Å². The van der Waals surface area contributed by atoms with Gasteiger partial charge in [0.25, 0.3) is 11.8 Å². The molecule has 0 unspecified atom stereocenters. The van der Waals surface area contributed by atoms with Gasteiger partial charge in [-0.15, -0.1) is 0 Å². The van der Waals surface area contributed by atoms with Crippen LogP contribution >= 0.6 is 0 Å². The summed E-state index contributed by atoms with van der Waals surface area (Å²) in [6.45, 7) is 7.49. The maximum atomic E-state index is 11.9. The molecule has 22 heavy (non-hydrogen) atoms. The summed E-state index contributed by atoms with van der Waals surface area (Å²) in [5.41, 5.74) is 5.71. The van der Waals surface area contributed by atoms with Gasteiger partial charge in [-0.1, -0.05) is 32.9 Å². The van der Waals surface area contributed by atoms with E-state index in [4.69, 9.17) is 5.11 Å². The van der Waals surface area contributed by atoms with E-state index in [1.54, 1.807) is 12.1 Å². The number of benzene rings is 1. The number of carbonyl (C=O) groups excluding carboxylic acids is 2. The van der Waals surface area contributed by atoms with Crippen LogP contribution in [0.4, 0.5) is 0 Å². The standard InChI is InChI=1S/C16H20N2O4/c1-10(15(21)22)9-13(19)17-18-14(20)11-5-7-12(8-6-11)16(2,3)4/h5-9H,1-4H3,(H,17,19)(H,18,20)(H,21,22)/b10-9+. The van der Waals surface area contributed by atoms with Crippen molar-refractivity contribution in [3.05, 3.63) is 47.0 Å². The van der Waals surface area contributed by atoms with Crippen LogP contribution in [0.5, 0.6) is 0 Å². The van der Waals surface area contributed by atoms with E-state index in [0.717, 1.165) is 11.6 Å². The van der Waals surface area contributed by atoms with Gasteiger partial charge in [0.15, 0.2) is 0 Å². The maximum absolute atomic E-state index is 11.9. The van der Waals surface area contributed by atoms with Gasteiger partial charge in [0, 0.05) is 17.2 Å². The maximum Gasteiger partial charge on any atom is 0.331 e. The Hall–Kier alpha value is -2.63. The van der Waals surface area contributed by atoms with E-state index >= 15 is 0 Å². The Bertz CT molecular complexity index is 610. The van der Waals surface area contributed by atoms with Crippen LogP contribution in [0.2, 0.25) is 0 Å². The van der Waals surface area contributed by atoms with Crippen molar-refractivity contribution >= 4 is 17.8 Å². The lowest BCUT2D eigenvalue weighted by Gasteiger charge is -2.19. The van der Waals surface area contributed by atoms with Crippen molar-refractivity contribution in [2.24, 2.45) is 0 Å². The summed E-state index contributed by atoms with van der Waals surface area (Å²) in [6, 6.07) is 7.04. The topological polar surface area (TPSA) is 95.5 Å². The minimum atomic E-state index is -1.20. The second kappa shape index (κ2) is 6.89. The molecule has 6 nitrogen and oxygen atoms in total. The molecule has 2 amide bonds. The van der Waals surface area contributed by atoms with Crippen molar-refractivity contribution in [2.45, 2.75) is 33.1 Å². The number of nitrogens with one attached hydrogen (secondary N) is 2.